The van der Waals surface area contributed by atoms with Crippen molar-refractivity contribution >= 4 is 45.9 Å². The molecule has 0 bridgehead atoms. The molecule has 0 radical (unpaired) electrons. The molecule has 0 aliphatic carbocycles. The fraction of sp³-hybridized carbons (Fsp3) is 0.353. The number of para-hydroxylation sites is 1. The molecule has 0 unspecified atom stereocenters. The van der Waals surface area contributed by atoms with E-state index >= 15 is 0 Å². The van der Waals surface area contributed by atoms with Crippen LogP contribution in [0.1, 0.15) is 26.1 Å². The zero-order chi connectivity index (χ0) is 19.1. The van der Waals surface area contributed by atoms with E-state index in [1.165, 1.54) is 23.1 Å². The highest BCUT2D eigenvalue weighted by atomic mass is 32.2. The van der Waals surface area contributed by atoms with Gasteiger partial charge < -0.3 is 0 Å². The standard InChI is InChI=1S/C17H20N6OS3/c1-3-10-25-17-22-20-15(27-17)18-14(24)11-26-16-21-19-13(4-2)23(16)12-8-6-5-7-9-12/h5-9H,3-4,10-11H2,1-2H3,(H,18,20,24). The molecular weight excluding hydrogens is 400 g/mol. The lowest BCUT2D eigenvalue weighted by molar-refractivity contribution is -0.113. The van der Waals surface area contributed by atoms with Crippen LogP contribution < -0.4 is 5.32 Å². The molecule has 0 aliphatic heterocycles. The number of hydrogen-bond donors (Lipinski definition) is 1. The molecule has 0 spiro atoms. The molecule has 3 aromatic rings. The van der Waals surface area contributed by atoms with Gasteiger partial charge >= 0.3 is 0 Å². The summed E-state index contributed by atoms with van der Waals surface area (Å²) in [4.78, 5) is 12.3. The predicted octanol–water partition coefficient (Wildman–Crippen LogP) is 3.91. The Morgan fingerprint density at radius 1 is 1.11 bits per heavy atom. The summed E-state index contributed by atoms with van der Waals surface area (Å²) in [6.07, 6.45) is 1.84. The van der Waals surface area contributed by atoms with Gasteiger partial charge in [-0.05, 0) is 18.6 Å². The fourth-order valence-corrected chi connectivity index (χ4v) is 4.72. The van der Waals surface area contributed by atoms with Gasteiger partial charge in [0, 0.05) is 17.9 Å². The number of nitrogens with zero attached hydrogens (tertiary/aromatic N) is 5. The first-order valence-electron chi connectivity index (χ1n) is 8.60. The number of carbonyl (C=O) groups excluding carboxylic acids is 1. The quantitative estimate of drug-likeness (QED) is 0.415. The van der Waals surface area contributed by atoms with E-state index in [9.17, 15) is 4.79 Å². The third-order valence-electron chi connectivity index (χ3n) is 3.45. The molecule has 0 saturated carbocycles. The molecule has 0 atom stereocenters. The van der Waals surface area contributed by atoms with E-state index in [4.69, 9.17) is 0 Å². The SMILES string of the molecule is CCCSc1nnc(NC(=O)CSc2nnc(CC)n2-c2ccccc2)s1. The Bertz CT molecular complexity index is 880. The lowest BCUT2D eigenvalue weighted by Crippen LogP contribution is -2.14. The van der Waals surface area contributed by atoms with Gasteiger partial charge in [0.25, 0.3) is 0 Å². The van der Waals surface area contributed by atoms with E-state index in [0.717, 1.165) is 34.4 Å². The van der Waals surface area contributed by atoms with E-state index < -0.39 is 0 Å². The van der Waals surface area contributed by atoms with Crippen LogP contribution in [0.25, 0.3) is 5.69 Å². The van der Waals surface area contributed by atoms with E-state index in [1.807, 2.05) is 41.8 Å². The second kappa shape index (κ2) is 9.86. The van der Waals surface area contributed by atoms with E-state index in [2.05, 4.69) is 32.6 Å². The first-order chi connectivity index (χ1) is 13.2. The minimum absolute atomic E-state index is 0.135. The topological polar surface area (TPSA) is 85.6 Å². The van der Waals surface area contributed by atoms with Crippen LogP contribution in [-0.2, 0) is 11.2 Å². The van der Waals surface area contributed by atoms with Crippen LogP contribution in [0.2, 0.25) is 0 Å². The predicted molar refractivity (Wildman–Crippen MR) is 111 cm³/mol. The number of rotatable bonds is 9. The van der Waals surface area contributed by atoms with Crippen LogP contribution in [-0.4, -0.2) is 42.4 Å². The van der Waals surface area contributed by atoms with Crippen molar-refractivity contribution < 1.29 is 4.79 Å². The molecule has 1 amide bonds. The van der Waals surface area contributed by atoms with Crippen molar-refractivity contribution in [3.63, 3.8) is 0 Å². The summed E-state index contributed by atoms with van der Waals surface area (Å²) in [5, 5.41) is 20.6. The van der Waals surface area contributed by atoms with Gasteiger partial charge in [0.2, 0.25) is 11.0 Å². The largest absolute Gasteiger partial charge is 0.300 e. The maximum Gasteiger partial charge on any atom is 0.236 e. The van der Waals surface area contributed by atoms with Crippen LogP contribution in [0.5, 0.6) is 0 Å². The maximum absolute atomic E-state index is 12.3. The molecule has 2 aromatic heterocycles. The van der Waals surface area contributed by atoms with Crippen molar-refractivity contribution in [1.29, 1.82) is 0 Å². The van der Waals surface area contributed by atoms with Crippen LogP contribution >= 0.6 is 34.9 Å². The second-order valence-electron chi connectivity index (χ2n) is 5.48. The normalized spacial score (nSPS) is 10.9. The first-order valence-corrected chi connectivity index (χ1v) is 11.4. The minimum Gasteiger partial charge on any atom is -0.300 e. The van der Waals surface area contributed by atoms with Gasteiger partial charge in [0.15, 0.2) is 9.50 Å². The molecule has 1 N–H and O–H groups in total. The third-order valence-corrected chi connectivity index (χ3v) is 6.55. The van der Waals surface area contributed by atoms with Crippen LogP contribution in [0.4, 0.5) is 5.13 Å². The summed E-state index contributed by atoms with van der Waals surface area (Å²) in [6, 6.07) is 9.92. The van der Waals surface area contributed by atoms with Gasteiger partial charge in [-0.15, -0.1) is 20.4 Å². The zero-order valence-corrected chi connectivity index (χ0v) is 17.5. The molecule has 0 saturated heterocycles. The van der Waals surface area contributed by atoms with Gasteiger partial charge in [0.1, 0.15) is 5.82 Å². The number of aromatic nitrogens is 5. The summed E-state index contributed by atoms with van der Waals surface area (Å²) in [5.74, 6) is 1.95. The van der Waals surface area contributed by atoms with Crippen molar-refractivity contribution in [2.75, 3.05) is 16.8 Å². The lowest BCUT2D eigenvalue weighted by Gasteiger charge is -2.08. The number of carbonyl (C=O) groups is 1. The van der Waals surface area contributed by atoms with Gasteiger partial charge in [-0.2, -0.15) is 0 Å². The average Bonchev–Trinajstić information content (AvgIpc) is 3.31. The minimum atomic E-state index is -0.135. The summed E-state index contributed by atoms with van der Waals surface area (Å²) >= 11 is 4.40. The van der Waals surface area contributed by atoms with Gasteiger partial charge in [-0.1, -0.05) is 66.9 Å². The van der Waals surface area contributed by atoms with Crippen molar-refractivity contribution in [3.8, 4) is 5.69 Å². The Morgan fingerprint density at radius 3 is 2.67 bits per heavy atom. The molecule has 0 fully saturated rings. The highest BCUT2D eigenvalue weighted by molar-refractivity contribution is 8.01. The van der Waals surface area contributed by atoms with Gasteiger partial charge in [-0.3, -0.25) is 14.7 Å². The molecule has 2 heterocycles. The fourth-order valence-electron chi connectivity index (χ4n) is 2.25. The molecule has 142 valence electrons. The summed E-state index contributed by atoms with van der Waals surface area (Å²) in [7, 11) is 0. The first kappa shape index (κ1) is 19.8. The van der Waals surface area contributed by atoms with Crippen molar-refractivity contribution in [3.05, 3.63) is 36.2 Å². The third kappa shape index (κ3) is 5.30. The van der Waals surface area contributed by atoms with Gasteiger partial charge in [-0.25, -0.2) is 0 Å². The molecular formula is C17H20N6OS3. The monoisotopic (exact) mass is 420 g/mol. The number of nitrogens with one attached hydrogen (secondary N) is 1. The summed E-state index contributed by atoms with van der Waals surface area (Å²) < 4.78 is 2.86. The number of benzene rings is 1. The summed E-state index contributed by atoms with van der Waals surface area (Å²) in [5.41, 5.74) is 0.990. The number of aryl methyl sites for hydroxylation is 1. The molecule has 10 heteroatoms. The summed E-state index contributed by atoms with van der Waals surface area (Å²) in [6.45, 7) is 4.15. The molecule has 7 nitrogen and oxygen atoms in total. The zero-order valence-electron chi connectivity index (χ0n) is 15.1. The molecule has 27 heavy (non-hydrogen) atoms. The highest BCUT2D eigenvalue weighted by Gasteiger charge is 2.15. The maximum atomic E-state index is 12.3. The Kier molecular flexibility index (Phi) is 7.25. The Morgan fingerprint density at radius 2 is 1.93 bits per heavy atom. The lowest BCUT2D eigenvalue weighted by atomic mass is 10.3. The Labute approximate surface area is 170 Å². The Hall–Kier alpha value is -1.91. The number of hydrogen-bond acceptors (Lipinski definition) is 8. The smallest absolute Gasteiger partial charge is 0.236 e. The van der Waals surface area contributed by atoms with Crippen LogP contribution in [0.3, 0.4) is 0 Å². The van der Waals surface area contributed by atoms with Crippen molar-refractivity contribution in [1.82, 2.24) is 25.0 Å². The molecule has 3 rings (SSSR count). The van der Waals surface area contributed by atoms with E-state index in [0.29, 0.717) is 10.3 Å². The van der Waals surface area contributed by atoms with Crippen LogP contribution in [0, 0.1) is 0 Å². The highest BCUT2D eigenvalue weighted by Crippen LogP contribution is 2.26. The van der Waals surface area contributed by atoms with E-state index in [1.54, 1.807) is 11.8 Å². The Balaban J connectivity index is 1.62. The number of thioether (sulfide) groups is 2. The van der Waals surface area contributed by atoms with Crippen molar-refractivity contribution in [2.45, 2.75) is 36.2 Å². The van der Waals surface area contributed by atoms with Crippen molar-refractivity contribution in [2.24, 2.45) is 0 Å². The van der Waals surface area contributed by atoms with E-state index in [-0.39, 0.29) is 11.7 Å². The molecule has 1 aromatic carbocycles. The second-order valence-corrected chi connectivity index (χ2v) is 8.74. The number of amides is 1. The average molecular weight is 421 g/mol. The molecule has 0 aliphatic rings. The van der Waals surface area contributed by atoms with Crippen LogP contribution in [0.15, 0.2) is 39.8 Å². The van der Waals surface area contributed by atoms with Gasteiger partial charge in [0.05, 0.1) is 5.75 Å². The number of anilines is 1.